The SMILES string of the molecule is CCOC(=O)c1cc(NC(=O)CN(c2cccc(Br)c2)S(=O)(=O)c2ccccc2)ccc1Cl. The summed E-state index contributed by atoms with van der Waals surface area (Å²) < 4.78 is 33.3. The van der Waals surface area contributed by atoms with Gasteiger partial charge in [-0.2, -0.15) is 0 Å². The molecule has 3 aromatic rings. The van der Waals surface area contributed by atoms with Crippen molar-refractivity contribution in [2.24, 2.45) is 0 Å². The monoisotopic (exact) mass is 550 g/mol. The zero-order valence-electron chi connectivity index (χ0n) is 17.5. The van der Waals surface area contributed by atoms with Crippen molar-refractivity contribution < 1.29 is 22.7 Å². The average Bonchev–Trinajstić information content (AvgIpc) is 2.79. The van der Waals surface area contributed by atoms with Crippen molar-refractivity contribution in [3.8, 4) is 0 Å². The summed E-state index contributed by atoms with van der Waals surface area (Å²) in [4.78, 5) is 25.0. The molecule has 0 heterocycles. The van der Waals surface area contributed by atoms with Crippen molar-refractivity contribution in [1.29, 1.82) is 0 Å². The molecule has 33 heavy (non-hydrogen) atoms. The Labute approximate surface area is 205 Å². The van der Waals surface area contributed by atoms with Crippen LogP contribution in [0.1, 0.15) is 17.3 Å². The van der Waals surface area contributed by atoms with Crippen LogP contribution in [0.15, 0.2) is 82.2 Å². The van der Waals surface area contributed by atoms with E-state index >= 15 is 0 Å². The van der Waals surface area contributed by atoms with Crippen molar-refractivity contribution >= 4 is 60.8 Å². The summed E-state index contributed by atoms with van der Waals surface area (Å²) in [6.07, 6.45) is 0. The van der Waals surface area contributed by atoms with Crippen molar-refractivity contribution in [3.05, 3.63) is 87.9 Å². The molecule has 0 fully saturated rings. The zero-order chi connectivity index (χ0) is 24.0. The average molecular weight is 552 g/mol. The van der Waals surface area contributed by atoms with Crippen LogP contribution in [0.4, 0.5) is 11.4 Å². The van der Waals surface area contributed by atoms with Gasteiger partial charge in [0.25, 0.3) is 10.0 Å². The Morgan fingerprint density at radius 2 is 1.76 bits per heavy atom. The fourth-order valence-corrected chi connectivity index (χ4v) is 4.98. The topological polar surface area (TPSA) is 92.8 Å². The van der Waals surface area contributed by atoms with E-state index in [1.807, 2.05) is 0 Å². The molecule has 0 aliphatic carbocycles. The second kappa shape index (κ2) is 10.8. The highest BCUT2D eigenvalue weighted by Crippen LogP contribution is 2.27. The van der Waals surface area contributed by atoms with E-state index in [0.717, 1.165) is 4.31 Å². The molecule has 0 atom stereocenters. The minimum Gasteiger partial charge on any atom is -0.462 e. The maximum atomic E-state index is 13.3. The van der Waals surface area contributed by atoms with Crippen molar-refractivity contribution in [2.45, 2.75) is 11.8 Å². The predicted octanol–water partition coefficient (Wildman–Crippen LogP) is 5.11. The van der Waals surface area contributed by atoms with Crippen LogP contribution in [0, 0.1) is 0 Å². The first kappa shape index (κ1) is 24.8. The standard InChI is InChI=1S/C23H20BrClN2O5S/c1-2-32-23(29)20-14-17(11-12-21(20)25)26-22(28)15-27(18-8-6-7-16(24)13-18)33(30,31)19-9-4-3-5-10-19/h3-14H,2,15H2,1H3,(H,26,28). The van der Waals surface area contributed by atoms with Gasteiger partial charge in [-0.1, -0.05) is 51.8 Å². The van der Waals surface area contributed by atoms with Gasteiger partial charge >= 0.3 is 5.97 Å². The summed E-state index contributed by atoms with van der Waals surface area (Å²) in [6.45, 7) is 1.34. The van der Waals surface area contributed by atoms with E-state index in [1.165, 1.54) is 30.3 Å². The Morgan fingerprint density at radius 1 is 1.03 bits per heavy atom. The quantitative estimate of drug-likeness (QED) is 0.393. The molecule has 0 aliphatic heterocycles. The minimum atomic E-state index is -4.04. The highest BCUT2D eigenvalue weighted by atomic mass is 79.9. The lowest BCUT2D eigenvalue weighted by Crippen LogP contribution is -2.38. The number of hydrogen-bond acceptors (Lipinski definition) is 5. The molecular formula is C23H20BrClN2O5S. The van der Waals surface area contributed by atoms with Gasteiger partial charge < -0.3 is 10.1 Å². The van der Waals surface area contributed by atoms with Crippen LogP contribution >= 0.6 is 27.5 Å². The smallest absolute Gasteiger partial charge is 0.339 e. The first-order valence-corrected chi connectivity index (χ1v) is 12.4. The van der Waals surface area contributed by atoms with Crippen LogP contribution in [-0.2, 0) is 19.6 Å². The molecule has 7 nitrogen and oxygen atoms in total. The Morgan fingerprint density at radius 3 is 2.42 bits per heavy atom. The number of carbonyl (C=O) groups is 2. The largest absolute Gasteiger partial charge is 0.462 e. The van der Waals surface area contributed by atoms with Crippen LogP contribution in [-0.4, -0.2) is 33.4 Å². The van der Waals surface area contributed by atoms with Gasteiger partial charge in [0.05, 0.1) is 27.8 Å². The summed E-state index contributed by atoms with van der Waals surface area (Å²) in [7, 11) is -4.04. The second-order valence-electron chi connectivity index (χ2n) is 6.77. The maximum Gasteiger partial charge on any atom is 0.339 e. The molecule has 0 aromatic heterocycles. The molecular weight excluding hydrogens is 532 g/mol. The van der Waals surface area contributed by atoms with Gasteiger partial charge in [-0.25, -0.2) is 13.2 Å². The molecule has 0 unspecified atom stereocenters. The molecule has 10 heteroatoms. The molecule has 0 bridgehead atoms. The van der Waals surface area contributed by atoms with E-state index in [2.05, 4.69) is 21.2 Å². The number of carbonyl (C=O) groups excluding carboxylic acids is 2. The van der Waals surface area contributed by atoms with E-state index < -0.39 is 28.4 Å². The lowest BCUT2D eigenvalue weighted by molar-refractivity contribution is -0.114. The molecule has 0 saturated heterocycles. The number of halogens is 2. The van der Waals surface area contributed by atoms with Gasteiger partial charge in [0, 0.05) is 10.2 Å². The van der Waals surface area contributed by atoms with Gasteiger partial charge in [0.1, 0.15) is 6.54 Å². The number of ether oxygens (including phenoxy) is 1. The van der Waals surface area contributed by atoms with Crippen molar-refractivity contribution in [3.63, 3.8) is 0 Å². The first-order valence-electron chi connectivity index (χ1n) is 9.82. The highest BCUT2D eigenvalue weighted by molar-refractivity contribution is 9.10. The molecule has 1 N–H and O–H groups in total. The number of anilines is 2. The predicted molar refractivity (Wildman–Crippen MR) is 131 cm³/mol. The van der Waals surface area contributed by atoms with Gasteiger partial charge in [0.15, 0.2) is 0 Å². The summed E-state index contributed by atoms with van der Waals surface area (Å²) in [6, 6.07) is 18.8. The minimum absolute atomic E-state index is 0.0499. The molecule has 0 radical (unpaired) electrons. The Bertz CT molecular complexity index is 1270. The van der Waals surface area contributed by atoms with Crippen LogP contribution in [0.3, 0.4) is 0 Å². The van der Waals surface area contributed by atoms with Crippen LogP contribution in [0.2, 0.25) is 5.02 Å². The number of sulfonamides is 1. The third-order valence-electron chi connectivity index (χ3n) is 4.46. The fourth-order valence-electron chi connectivity index (χ4n) is 2.97. The highest BCUT2D eigenvalue weighted by Gasteiger charge is 2.27. The second-order valence-corrected chi connectivity index (χ2v) is 9.95. The number of hydrogen-bond donors (Lipinski definition) is 1. The van der Waals surface area contributed by atoms with E-state index in [-0.39, 0.29) is 27.8 Å². The van der Waals surface area contributed by atoms with Crippen molar-refractivity contribution in [1.82, 2.24) is 0 Å². The first-order chi connectivity index (χ1) is 15.7. The van der Waals surface area contributed by atoms with E-state index in [1.54, 1.807) is 49.4 Å². The number of esters is 1. The van der Waals surface area contributed by atoms with E-state index in [4.69, 9.17) is 16.3 Å². The van der Waals surface area contributed by atoms with Gasteiger partial charge in [-0.05, 0) is 55.5 Å². The third kappa shape index (κ3) is 6.13. The van der Waals surface area contributed by atoms with Crippen LogP contribution < -0.4 is 9.62 Å². The van der Waals surface area contributed by atoms with Gasteiger partial charge in [-0.15, -0.1) is 0 Å². The normalized spacial score (nSPS) is 11.0. The number of nitrogens with one attached hydrogen (secondary N) is 1. The number of benzene rings is 3. The Hall–Kier alpha value is -2.88. The van der Waals surface area contributed by atoms with E-state index in [0.29, 0.717) is 10.2 Å². The zero-order valence-corrected chi connectivity index (χ0v) is 20.7. The van der Waals surface area contributed by atoms with Crippen LogP contribution in [0.25, 0.3) is 0 Å². The third-order valence-corrected chi connectivity index (χ3v) is 7.07. The maximum absolute atomic E-state index is 13.3. The number of nitrogens with zero attached hydrogens (tertiary/aromatic N) is 1. The lowest BCUT2D eigenvalue weighted by Gasteiger charge is -2.24. The summed E-state index contributed by atoms with van der Waals surface area (Å²) in [5, 5.41) is 2.80. The van der Waals surface area contributed by atoms with Crippen molar-refractivity contribution in [2.75, 3.05) is 22.8 Å². The molecule has 0 aliphatic rings. The van der Waals surface area contributed by atoms with Crippen LogP contribution in [0.5, 0.6) is 0 Å². The van der Waals surface area contributed by atoms with Gasteiger partial charge in [-0.3, -0.25) is 9.10 Å². The molecule has 0 saturated carbocycles. The molecule has 0 spiro atoms. The molecule has 1 amide bonds. The summed E-state index contributed by atoms with van der Waals surface area (Å²) in [5.41, 5.74) is 0.683. The summed E-state index contributed by atoms with van der Waals surface area (Å²) >= 11 is 9.40. The molecule has 3 aromatic carbocycles. The Kier molecular flexibility index (Phi) is 8.12. The van der Waals surface area contributed by atoms with E-state index in [9.17, 15) is 18.0 Å². The summed E-state index contributed by atoms with van der Waals surface area (Å²) in [5.74, 6) is -1.23. The lowest BCUT2D eigenvalue weighted by atomic mass is 10.2. The number of amides is 1. The van der Waals surface area contributed by atoms with Gasteiger partial charge in [0.2, 0.25) is 5.91 Å². The number of rotatable bonds is 8. The molecule has 3 rings (SSSR count). The Balaban J connectivity index is 1.90. The fraction of sp³-hybridized carbons (Fsp3) is 0.130. The molecule has 172 valence electrons.